The molecule has 0 bridgehead atoms. The van der Waals surface area contributed by atoms with Crippen molar-refractivity contribution in [3.8, 4) is 0 Å². The molecule has 2 heterocycles. The number of hydrogen-bond donors (Lipinski definition) is 1. The fourth-order valence-electron chi connectivity index (χ4n) is 2.30. The summed E-state index contributed by atoms with van der Waals surface area (Å²) >= 11 is 0. The smallest absolute Gasteiger partial charge is 0.128 e. The van der Waals surface area contributed by atoms with Gasteiger partial charge in [-0.15, -0.1) is 0 Å². The molecule has 0 aliphatic heterocycles. The van der Waals surface area contributed by atoms with Crippen molar-refractivity contribution >= 4 is 11.4 Å². The summed E-state index contributed by atoms with van der Waals surface area (Å²) in [6.07, 6.45) is 4.94. The number of nitrogens with one attached hydrogen (secondary N) is 1. The van der Waals surface area contributed by atoms with Crippen molar-refractivity contribution in [2.75, 3.05) is 0 Å². The molecule has 0 unspecified atom stereocenters. The van der Waals surface area contributed by atoms with Crippen LogP contribution in [0.25, 0.3) is 0 Å². The molecular weight excluding hydrogens is 317 g/mol. The molecule has 0 amide bonds. The van der Waals surface area contributed by atoms with Crippen LogP contribution in [0.15, 0.2) is 72.2 Å². The second-order valence-electron chi connectivity index (χ2n) is 5.32. The van der Waals surface area contributed by atoms with Gasteiger partial charge in [0.25, 0.3) is 0 Å². The van der Waals surface area contributed by atoms with E-state index < -0.39 is 0 Å². The number of halogens is 1. The Labute approximate surface area is 144 Å². The zero-order valence-electron chi connectivity index (χ0n) is 13.4. The van der Waals surface area contributed by atoms with Gasteiger partial charge in [0.05, 0.1) is 29.4 Å². The quantitative estimate of drug-likeness (QED) is 0.702. The summed E-state index contributed by atoms with van der Waals surface area (Å²) in [4.78, 5) is 16.8. The SMILES string of the molecule is N=C(CC(=NCc1ccccc1F)c1ccncn1)c1ccccn1. The van der Waals surface area contributed by atoms with Crippen LogP contribution in [0.4, 0.5) is 4.39 Å². The number of aromatic nitrogens is 3. The molecular formula is C19H16FN5. The van der Waals surface area contributed by atoms with Crippen molar-refractivity contribution in [2.24, 2.45) is 4.99 Å². The summed E-state index contributed by atoms with van der Waals surface area (Å²) in [6, 6.07) is 13.7. The molecule has 0 fully saturated rings. The lowest BCUT2D eigenvalue weighted by molar-refractivity contribution is 0.611. The zero-order chi connectivity index (χ0) is 17.5. The van der Waals surface area contributed by atoms with Crippen LogP contribution >= 0.6 is 0 Å². The van der Waals surface area contributed by atoms with Crippen molar-refractivity contribution < 1.29 is 4.39 Å². The van der Waals surface area contributed by atoms with Gasteiger partial charge in [-0.05, 0) is 24.3 Å². The Morgan fingerprint density at radius 2 is 1.80 bits per heavy atom. The minimum atomic E-state index is -0.298. The molecule has 1 N–H and O–H groups in total. The van der Waals surface area contributed by atoms with Crippen molar-refractivity contribution in [2.45, 2.75) is 13.0 Å². The number of rotatable bonds is 6. The number of pyridine rings is 1. The molecule has 3 aromatic rings. The van der Waals surface area contributed by atoms with Gasteiger partial charge in [0.15, 0.2) is 0 Å². The van der Waals surface area contributed by atoms with Crippen LogP contribution in [0.2, 0.25) is 0 Å². The number of hydrogen-bond acceptors (Lipinski definition) is 5. The lowest BCUT2D eigenvalue weighted by Crippen LogP contribution is -2.13. The van der Waals surface area contributed by atoms with E-state index in [9.17, 15) is 4.39 Å². The van der Waals surface area contributed by atoms with Gasteiger partial charge in [0.2, 0.25) is 0 Å². The van der Waals surface area contributed by atoms with Crippen LogP contribution in [-0.2, 0) is 6.54 Å². The largest absolute Gasteiger partial charge is 0.303 e. The molecule has 0 spiro atoms. The van der Waals surface area contributed by atoms with Gasteiger partial charge in [-0.25, -0.2) is 14.4 Å². The maximum Gasteiger partial charge on any atom is 0.128 e. The van der Waals surface area contributed by atoms with E-state index in [0.29, 0.717) is 28.4 Å². The molecule has 6 heteroatoms. The number of nitrogens with zero attached hydrogens (tertiary/aromatic N) is 4. The lowest BCUT2D eigenvalue weighted by Gasteiger charge is -2.08. The van der Waals surface area contributed by atoms with Gasteiger partial charge in [-0.1, -0.05) is 24.3 Å². The van der Waals surface area contributed by atoms with Crippen LogP contribution < -0.4 is 0 Å². The Hall–Kier alpha value is -3.28. The Balaban J connectivity index is 1.87. The average Bonchev–Trinajstić information content (AvgIpc) is 2.67. The molecule has 0 radical (unpaired) electrons. The third-order valence-electron chi connectivity index (χ3n) is 3.59. The second kappa shape index (κ2) is 8.01. The average molecular weight is 333 g/mol. The Morgan fingerprint density at radius 3 is 2.52 bits per heavy atom. The van der Waals surface area contributed by atoms with Crippen molar-refractivity contribution in [1.29, 1.82) is 5.41 Å². The van der Waals surface area contributed by atoms with Gasteiger partial charge in [-0.3, -0.25) is 9.98 Å². The third kappa shape index (κ3) is 4.38. The molecule has 5 nitrogen and oxygen atoms in total. The highest BCUT2D eigenvalue weighted by Crippen LogP contribution is 2.11. The number of benzene rings is 1. The first kappa shape index (κ1) is 16.6. The van der Waals surface area contributed by atoms with E-state index in [0.717, 1.165) is 0 Å². The second-order valence-corrected chi connectivity index (χ2v) is 5.32. The molecule has 2 aromatic heterocycles. The van der Waals surface area contributed by atoms with Crippen LogP contribution in [-0.4, -0.2) is 26.4 Å². The van der Waals surface area contributed by atoms with Crippen LogP contribution in [0.3, 0.4) is 0 Å². The Morgan fingerprint density at radius 1 is 0.960 bits per heavy atom. The van der Waals surface area contributed by atoms with E-state index in [1.165, 1.54) is 12.4 Å². The predicted octanol–water partition coefficient (Wildman–Crippen LogP) is 3.46. The maximum atomic E-state index is 13.8. The first-order valence-electron chi connectivity index (χ1n) is 7.76. The van der Waals surface area contributed by atoms with Crippen molar-refractivity contribution in [1.82, 2.24) is 15.0 Å². The van der Waals surface area contributed by atoms with Crippen molar-refractivity contribution in [3.05, 3.63) is 90.0 Å². The third-order valence-corrected chi connectivity index (χ3v) is 3.59. The maximum absolute atomic E-state index is 13.8. The minimum absolute atomic E-state index is 0.182. The van der Waals surface area contributed by atoms with Crippen LogP contribution in [0, 0.1) is 11.2 Å². The Kier molecular flexibility index (Phi) is 5.31. The summed E-state index contributed by atoms with van der Waals surface area (Å²) in [7, 11) is 0. The first-order valence-corrected chi connectivity index (χ1v) is 7.76. The summed E-state index contributed by atoms with van der Waals surface area (Å²) in [5, 5.41) is 8.27. The molecule has 3 rings (SSSR count). The summed E-state index contributed by atoms with van der Waals surface area (Å²) in [5.74, 6) is -0.298. The lowest BCUT2D eigenvalue weighted by atomic mass is 10.1. The molecule has 0 aliphatic carbocycles. The van der Waals surface area contributed by atoms with Crippen molar-refractivity contribution in [3.63, 3.8) is 0 Å². The zero-order valence-corrected chi connectivity index (χ0v) is 13.4. The standard InChI is InChI=1S/C19H16FN5/c20-15-6-2-1-5-14(15)12-24-19(18-8-10-22-13-25-18)11-16(21)17-7-3-4-9-23-17/h1-10,13,21H,11-12H2. The molecule has 0 saturated carbocycles. The van der Waals surface area contributed by atoms with E-state index in [-0.39, 0.29) is 18.8 Å². The summed E-state index contributed by atoms with van der Waals surface area (Å²) < 4.78 is 13.8. The fourth-order valence-corrected chi connectivity index (χ4v) is 2.30. The monoisotopic (exact) mass is 333 g/mol. The molecule has 0 aliphatic rings. The Bertz CT molecular complexity index is 879. The van der Waals surface area contributed by atoms with Gasteiger partial charge in [0, 0.05) is 24.4 Å². The van der Waals surface area contributed by atoms with E-state index in [2.05, 4.69) is 19.9 Å². The van der Waals surface area contributed by atoms with Gasteiger partial charge >= 0.3 is 0 Å². The normalized spacial score (nSPS) is 11.3. The molecule has 25 heavy (non-hydrogen) atoms. The molecule has 0 atom stereocenters. The van der Waals surface area contributed by atoms with Gasteiger partial charge in [0.1, 0.15) is 12.1 Å². The highest BCUT2D eigenvalue weighted by molar-refractivity contribution is 6.15. The first-order chi connectivity index (χ1) is 12.2. The van der Waals surface area contributed by atoms with E-state index in [1.807, 2.05) is 6.07 Å². The highest BCUT2D eigenvalue weighted by atomic mass is 19.1. The fraction of sp³-hybridized carbons (Fsp3) is 0.105. The van der Waals surface area contributed by atoms with Crippen LogP contribution in [0.5, 0.6) is 0 Å². The van der Waals surface area contributed by atoms with E-state index in [1.54, 1.807) is 48.8 Å². The van der Waals surface area contributed by atoms with E-state index >= 15 is 0 Å². The number of aliphatic imine (C=N–C) groups is 1. The summed E-state index contributed by atoms with van der Waals surface area (Å²) in [5.41, 5.74) is 2.62. The molecule has 0 saturated heterocycles. The minimum Gasteiger partial charge on any atom is -0.303 e. The molecule has 124 valence electrons. The van der Waals surface area contributed by atoms with Gasteiger partial charge < -0.3 is 5.41 Å². The van der Waals surface area contributed by atoms with Gasteiger partial charge in [-0.2, -0.15) is 0 Å². The van der Waals surface area contributed by atoms with E-state index in [4.69, 9.17) is 5.41 Å². The highest BCUT2D eigenvalue weighted by Gasteiger charge is 2.11. The topological polar surface area (TPSA) is 74.9 Å². The summed E-state index contributed by atoms with van der Waals surface area (Å²) in [6.45, 7) is 0.182. The van der Waals surface area contributed by atoms with Crippen LogP contribution in [0.1, 0.15) is 23.4 Å². The predicted molar refractivity (Wildman–Crippen MR) is 94.4 cm³/mol. The molecule has 1 aromatic carbocycles.